The molecular weight excluding hydrogens is 136 g/mol. The van der Waals surface area contributed by atoms with Crippen LogP contribution in [0, 0.1) is 0 Å². The third-order valence-electron chi connectivity index (χ3n) is 2.98. The van der Waals surface area contributed by atoms with E-state index in [0.717, 1.165) is 6.54 Å². The molecule has 0 aliphatic carbocycles. The van der Waals surface area contributed by atoms with Gasteiger partial charge in [0.25, 0.3) is 0 Å². The molecule has 2 nitrogen and oxygen atoms in total. The number of nitrogens with zero attached hydrogens (tertiary/aromatic N) is 1. The highest BCUT2D eigenvalue weighted by Gasteiger charge is 2.32. The molecule has 0 aromatic heterocycles. The molecule has 1 saturated heterocycles. The van der Waals surface area contributed by atoms with Crippen LogP contribution in [0.4, 0.5) is 0 Å². The summed E-state index contributed by atoms with van der Waals surface area (Å²) in [6.07, 6.45) is 0. The Morgan fingerprint density at radius 3 is 2.64 bits per heavy atom. The molecule has 1 aliphatic heterocycles. The molecule has 0 aromatic carbocycles. The van der Waals surface area contributed by atoms with Crippen molar-refractivity contribution in [1.82, 2.24) is 10.2 Å². The van der Waals surface area contributed by atoms with Crippen LogP contribution < -0.4 is 5.32 Å². The molecular formula is C9H20N2. The molecule has 1 aliphatic rings. The van der Waals surface area contributed by atoms with E-state index in [1.807, 2.05) is 0 Å². The van der Waals surface area contributed by atoms with Crippen LogP contribution >= 0.6 is 0 Å². The van der Waals surface area contributed by atoms with Crippen molar-refractivity contribution in [2.75, 3.05) is 19.6 Å². The van der Waals surface area contributed by atoms with Crippen LogP contribution in [0.5, 0.6) is 0 Å². The van der Waals surface area contributed by atoms with E-state index >= 15 is 0 Å². The molecule has 11 heavy (non-hydrogen) atoms. The quantitative estimate of drug-likeness (QED) is 0.611. The van der Waals surface area contributed by atoms with Crippen molar-refractivity contribution in [2.24, 2.45) is 0 Å². The van der Waals surface area contributed by atoms with Gasteiger partial charge < -0.3 is 5.32 Å². The molecule has 1 unspecified atom stereocenters. The van der Waals surface area contributed by atoms with E-state index in [1.54, 1.807) is 0 Å². The van der Waals surface area contributed by atoms with E-state index in [-0.39, 0.29) is 5.54 Å². The van der Waals surface area contributed by atoms with Gasteiger partial charge in [-0.3, -0.25) is 4.90 Å². The predicted octanol–water partition coefficient (Wildman–Crippen LogP) is 1.08. The lowest BCUT2D eigenvalue weighted by molar-refractivity contribution is 0.0922. The topological polar surface area (TPSA) is 15.3 Å². The zero-order valence-electron chi connectivity index (χ0n) is 8.15. The van der Waals surface area contributed by atoms with E-state index in [4.69, 9.17) is 0 Å². The second-order valence-electron chi connectivity index (χ2n) is 3.95. The monoisotopic (exact) mass is 156 g/mol. The third-order valence-corrected chi connectivity index (χ3v) is 2.98. The Hall–Kier alpha value is -0.0800. The first-order valence-electron chi connectivity index (χ1n) is 4.57. The molecule has 0 bridgehead atoms. The third kappa shape index (κ3) is 1.74. The zero-order chi connectivity index (χ0) is 8.48. The summed E-state index contributed by atoms with van der Waals surface area (Å²) in [6, 6.07) is 0.654. The highest BCUT2D eigenvalue weighted by molar-refractivity contribution is 4.93. The molecule has 0 amide bonds. The molecule has 1 rings (SSSR count). The largest absolute Gasteiger partial charge is 0.309 e. The maximum absolute atomic E-state index is 3.53. The zero-order valence-corrected chi connectivity index (χ0v) is 8.15. The SMILES string of the molecule is CCN1CCNC(C)(C)C1C. The first-order chi connectivity index (χ1) is 5.08. The van der Waals surface area contributed by atoms with Crippen molar-refractivity contribution < 1.29 is 0 Å². The highest BCUT2D eigenvalue weighted by atomic mass is 15.2. The van der Waals surface area contributed by atoms with E-state index < -0.39 is 0 Å². The maximum Gasteiger partial charge on any atom is 0.0278 e. The first-order valence-corrected chi connectivity index (χ1v) is 4.57. The van der Waals surface area contributed by atoms with Gasteiger partial charge in [0.05, 0.1) is 0 Å². The van der Waals surface area contributed by atoms with Crippen LogP contribution in [0.1, 0.15) is 27.7 Å². The number of rotatable bonds is 1. The van der Waals surface area contributed by atoms with Crippen LogP contribution in [0.15, 0.2) is 0 Å². The fourth-order valence-electron chi connectivity index (χ4n) is 1.75. The van der Waals surface area contributed by atoms with E-state index in [2.05, 4.69) is 37.9 Å². The van der Waals surface area contributed by atoms with Gasteiger partial charge in [0.1, 0.15) is 0 Å². The van der Waals surface area contributed by atoms with Gasteiger partial charge in [-0.1, -0.05) is 6.92 Å². The molecule has 1 N–H and O–H groups in total. The summed E-state index contributed by atoms with van der Waals surface area (Å²) in [5, 5.41) is 3.53. The van der Waals surface area contributed by atoms with Gasteiger partial charge in [-0.15, -0.1) is 0 Å². The average Bonchev–Trinajstić information content (AvgIpc) is 1.95. The van der Waals surface area contributed by atoms with Crippen molar-refractivity contribution in [3.05, 3.63) is 0 Å². The number of hydrogen-bond donors (Lipinski definition) is 1. The molecule has 66 valence electrons. The fraction of sp³-hybridized carbons (Fsp3) is 1.00. The summed E-state index contributed by atoms with van der Waals surface area (Å²) in [5.74, 6) is 0. The van der Waals surface area contributed by atoms with Gasteiger partial charge in [0.2, 0.25) is 0 Å². The van der Waals surface area contributed by atoms with Crippen LogP contribution in [-0.2, 0) is 0 Å². The molecule has 0 spiro atoms. The van der Waals surface area contributed by atoms with Crippen LogP contribution in [0.2, 0.25) is 0 Å². The molecule has 1 atom stereocenters. The van der Waals surface area contributed by atoms with Crippen molar-refractivity contribution in [2.45, 2.75) is 39.3 Å². The summed E-state index contributed by atoms with van der Waals surface area (Å²) in [7, 11) is 0. The van der Waals surface area contributed by atoms with E-state index in [9.17, 15) is 0 Å². The molecule has 2 heteroatoms. The number of likely N-dealkylation sites (N-methyl/N-ethyl adjacent to an activating group) is 1. The average molecular weight is 156 g/mol. The van der Waals surface area contributed by atoms with Gasteiger partial charge in [-0.05, 0) is 27.3 Å². The Kier molecular flexibility index (Phi) is 2.55. The summed E-state index contributed by atoms with van der Waals surface area (Å²) < 4.78 is 0. The number of nitrogens with one attached hydrogen (secondary N) is 1. The van der Waals surface area contributed by atoms with E-state index in [1.165, 1.54) is 13.1 Å². The first kappa shape index (κ1) is 9.01. The minimum atomic E-state index is 0.286. The number of hydrogen-bond acceptors (Lipinski definition) is 2. The lowest BCUT2D eigenvalue weighted by atomic mass is 9.92. The molecule has 0 saturated carbocycles. The van der Waals surface area contributed by atoms with Crippen molar-refractivity contribution in [1.29, 1.82) is 0 Å². The van der Waals surface area contributed by atoms with Crippen LogP contribution in [-0.4, -0.2) is 36.1 Å². The van der Waals surface area contributed by atoms with Crippen molar-refractivity contribution >= 4 is 0 Å². The Balaban J connectivity index is 2.60. The summed E-state index contributed by atoms with van der Waals surface area (Å²) in [4.78, 5) is 2.52. The Labute approximate surface area is 70.0 Å². The molecule has 1 heterocycles. The standard InChI is InChI=1S/C9H20N2/c1-5-11-7-6-10-9(3,4)8(11)2/h8,10H,5-7H2,1-4H3. The Bertz CT molecular complexity index is 132. The van der Waals surface area contributed by atoms with Crippen molar-refractivity contribution in [3.63, 3.8) is 0 Å². The summed E-state index contributed by atoms with van der Waals surface area (Å²) in [5.41, 5.74) is 0.286. The van der Waals surface area contributed by atoms with Gasteiger partial charge in [0.15, 0.2) is 0 Å². The van der Waals surface area contributed by atoms with Gasteiger partial charge in [-0.25, -0.2) is 0 Å². The van der Waals surface area contributed by atoms with E-state index in [0.29, 0.717) is 6.04 Å². The normalized spacial score (nSPS) is 32.2. The lowest BCUT2D eigenvalue weighted by Crippen LogP contribution is -2.62. The molecule has 1 fully saturated rings. The maximum atomic E-state index is 3.53. The second kappa shape index (κ2) is 3.11. The fourth-order valence-corrected chi connectivity index (χ4v) is 1.75. The summed E-state index contributed by atoms with van der Waals surface area (Å²) >= 11 is 0. The Morgan fingerprint density at radius 2 is 2.18 bits per heavy atom. The highest BCUT2D eigenvalue weighted by Crippen LogP contribution is 2.18. The molecule has 0 aromatic rings. The predicted molar refractivity (Wildman–Crippen MR) is 48.8 cm³/mol. The minimum Gasteiger partial charge on any atom is -0.309 e. The van der Waals surface area contributed by atoms with Crippen molar-refractivity contribution in [3.8, 4) is 0 Å². The second-order valence-corrected chi connectivity index (χ2v) is 3.95. The molecule has 0 radical (unpaired) electrons. The number of piperazine rings is 1. The lowest BCUT2D eigenvalue weighted by Gasteiger charge is -2.45. The van der Waals surface area contributed by atoms with Crippen LogP contribution in [0.3, 0.4) is 0 Å². The summed E-state index contributed by atoms with van der Waals surface area (Å²) in [6.45, 7) is 12.6. The minimum absolute atomic E-state index is 0.286. The van der Waals surface area contributed by atoms with Crippen LogP contribution in [0.25, 0.3) is 0 Å². The van der Waals surface area contributed by atoms with Gasteiger partial charge in [0, 0.05) is 24.7 Å². The Morgan fingerprint density at radius 1 is 1.55 bits per heavy atom. The van der Waals surface area contributed by atoms with Gasteiger partial charge >= 0.3 is 0 Å². The van der Waals surface area contributed by atoms with Gasteiger partial charge in [-0.2, -0.15) is 0 Å². The smallest absolute Gasteiger partial charge is 0.0278 e.